The van der Waals surface area contributed by atoms with Crippen molar-refractivity contribution in [3.63, 3.8) is 0 Å². The molecule has 0 fully saturated rings. The van der Waals surface area contributed by atoms with Gasteiger partial charge in [0.2, 0.25) is 0 Å². The van der Waals surface area contributed by atoms with Crippen LogP contribution in [0.1, 0.15) is 36.0 Å². The Morgan fingerprint density at radius 1 is 1.16 bits per heavy atom. The van der Waals surface area contributed by atoms with Crippen molar-refractivity contribution in [1.82, 2.24) is 5.32 Å². The van der Waals surface area contributed by atoms with Gasteiger partial charge in [-0.2, -0.15) is 0 Å². The van der Waals surface area contributed by atoms with E-state index in [1.165, 1.54) is 24.3 Å². The van der Waals surface area contributed by atoms with Gasteiger partial charge in [-0.1, -0.05) is 12.8 Å². The molecule has 1 aromatic rings. The molecule has 0 atom stereocenters. The number of hydrogen-bond acceptors (Lipinski definition) is 4. The molecule has 6 nitrogen and oxygen atoms in total. The van der Waals surface area contributed by atoms with E-state index in [0.717, 1.165) is 25.7 Å². The van der Waals surface area contributed by atoms with Crippen molar-refractivity contribution in [2.75, 3.05) is 13.1 Å². The Morgan fingerprint density at radius 2 is 1.79 bits per heavy atom. The highest BCUT2D eigenvalue weighted by atomic mass is 16.6. The molecule has 0 heterocycles. The molecule has 0 saturated carbocycles. The molecule has 0 aliphatic rings. The summed E-state index contributed by atoms with van der Waals surface area (Å²) < 4.78 is 0. The maximum atomic E-state index is 11.7. The van der Waals surface area contributed by atoms with E-state index in [1.54, 1.807) is 0 Å². The number of amides is 1. The highest BCUT2D eigenvalue weighted by molar-refractivity contribution is 5.94. The Morgan fingerprint density at radius 3 is 2.37 bits per heavy atom. The van der Waals surface area contributed by atoms with E-state index < -0.39 is 4.92 Å². The average Bonchev–Trinajstić information content (AvgIpc) is 2.42. The third-order valence-corrected chi connectivity index (χ3v) is 2.76. The summed E-state index contributed by atoms with van der Waals surface area (Å²) in [6, 6.07) is 5.58. The number of hydrogen-bond donors (Lipinski definition) is 2. The fourth-order valence-electron chi connectivity index (χ4n) is 1.66. The van der Waals surface area contributed by atoms with Crippen molar-refractivity contribution in [2.45, 2.75) is 25.7 Å². The second-order valence-corrected chi connectivity index (χ2v) is 4.26. The molecule has 0 spiro atoms. The number of unbranched alkanes of at least 4 members (excludes halogenated alkanes) is 3. The molecule has 0 aliphatic heterocycles. The van der Waals surface area contributed by atoms with E-state index in [2.05, 4.69) is 5.32 Å². The molecule has 1 rings (SSSR count). The zero-order valence-electron chi connectivity index (χ0n) is 10.8. The van der Waals surface area contributed by atoms with Crippen LogP contribution in [-0.4, -0.2) is 23.9 Å². The molecule has 0 radical (unpaired) electrons. The summed E-state index contributed by atoms with van der Waals surface area (Å²) in [5.74, 6) is -0.200. The van der Waals surface area contributed by atoms with Gasteiger partial charge in [-0.25, -0.2) is 0 Å². The lowest BCUT2D eigenvalue weighted by Crippen LogP contribution is -2.24. The Kier molecular flexibility index (Phi) is 6.52. The van der Waals surface area contributed by atoms with Crippen molar-refractivity contribution in [1.29, 1.82) is 0 Å². The Labute approximate surface area is 112 Å². The number of nitrogens with two attached hydrogens (primary N) is 1. The topological polar surface area (TPSA) is 98.3 Å². The molecule has 0 saturated heterocycles. The van der Waals surface area contributed by atoms with E-state index in [1.807, 2.05) is 0 Å². The third kappa shape index (κ3) is 5.48. The first-order valence-corrected chi connectivity index (χ1v) is 6.38. The summed E-state index contributed by atoms with van der Waals surface area (Å²) >= 11 is 0. The molecular weight excluding hydrogens is 246 g/mol. The van der Waals surface area contributed by atoms with E-state index in [-0.39, 0.29) is 11.6 Å². The van der Waals surface area contributed by atoms with Gasteiger partial charge in [0, 0.05) is 24.2 Å². The van der Waals surface area contributed by atoms with Gasteiger partial charge in [-0.15, -0.1) is 0 Å². The van der Waals surface area contributed by atoms with Gasteiger partial charge in [0.1, 0.15) is 0 Å². The lowest BCUT2D eigenvalue weighted by molar-refractivity contribution is -0.384. The van der Waals surface area contributed by atoms with Crippen LogP contribution in [0.2, 0.25) is 0 Å². The number of rotatable bonds is 8. The number of nitrogens with zero attached hydrogens (tertiary/aromatic N) is 1. The van der Waals surface area contributed by atoms with Crippen LogP contribution in [0.3, 0.4) is 0 Å². The Bertz CT molecular complexity index is 418. The summed E-state index contributed by atoms with van der Waals surface area (Å²) in [5.41, 5.74) is 5.81. The van der Waals surface area contributed by atoms with Crippen LogP contribution in [0.15, 0.2) is 24.3 Å². The van der Waals surface area contributed by atoms with Crippen LogP contribution in [0, 0.1) is 10.1 Å². The van der Waals surface area contributed by atoms with Crippen LogP contribution < -0.4 is 11.1 Å². The summed E-state index contributed by atoms with van der Waals surface area (Å²) in [7, 11) is 0. The molecule has 19 heavy (non-hydrogen) atoms. The van der Waals surface area contributed by atoms with E-state index in [9.17, 15) is 14.9 Å². The first kappa shape index (κ1) is 15.1. The number of nitro groups is 1. The average molecular weight is 265 g/mol. The summed E-state index contributed by atoms with van der Waals surface area (Å²) in [5, 5.41) is 13.3. The first-order chi connectivity index (χ1) is 9.15. The number of non-ortho nitro benzene ring substituents is 1. The minimum absolute atomic E-state index is 0.0154. The fraction of sp³-hybridized carbons (Fsp3) is 0.462. The highest BCUT2D eigenvalue weighted by Crippen LogP contribution is 2.11. The van der Waals surface area contributed by atoms with Crippen molar-refractivity contribution >= 4 is 11.6 Å². The SMILES string of the molecule is NCCCCCCNC(=O)c1ccc([N+](=O)[O-])cc1. The van der Waals surface area contributed by atoms with Crippen molar-refractivity contribution in [3.05, 3.63) is 39.9 Å². The van der Waals surface area contributed by atoms with E-state index in [0.29, 0.717) is 18.7 Å². The Balaban J connectivity index is 2.31. The molecule has 1 aromatic carbocycles. The molecule has 1 amide bonds. The van der Waals surface area contributed by atoms with Crippen molar-refractivity contribution in [3.8, 4) is 0 Å². The lowest BCUT2D eigenvalue weighted by Gasteiger charge is -2.05. The standard InChI is InChI=1S/C13H19N3O3/c14-9-3-1-2-4-10-15-13(17)11-5-7-12(8-6-11)16(18)19/h5-8H,1-4,9-10,14H2,(H,15,17). The number of carbonyl (C=O) groups is 1. The summed E-state index contributed by atoms with van der Waals surface area (Å²) in [4.78, 5) is 21.7. The smallest absolute Gasteiger partial charge is 0.269 e. The van der Waals surface area contributed by atoms with Gasteiger partial charge in [0.25, 0.3) is 11.6 Å². The van der Waals surface area contributed by atoms with Gasteiger partial charge in [-0.3, -0.25) is 14.9 Å². The zero-order chi connectivity index (χ0) is 14.1. The van der Waals surface area contributed by atoms with E-state index in [4.69, 9.17) is 5.73 Å². The van der Waals surface area contributed by atoms with Crippen LogP contribution in [-0.2, 0) is 0 Å². The van der Waals surface area contributed by atoms with Gasteiger partial charge in [0.05, 0.1) is 4.92 Å². The van der Waals surface area contributed by atoms with Crippen LogP contribution in [0.25, 0.3) is 0 Å². The normalized spacial score (nSPS) is 10.2. The van der Waals surface area contributed by atoms with Gasteiger partial charge < -0.3 is 11.1 Å². The first-order valence-electron chi connectivity index (χ1n) is 6.38. The molecule has 0 unspecified atom stereocenters. The van der Waals surface area contributed by atoms with Gasteiger partial charge in [0.15, 0.2) is 0 Å². The van der Waals surface area contributed by atoms with Crippen molar-refractivity contribution < 1.29 is 9.72 Å². The molecule has 0 aliphatic carbocycles. The van der Waals surface area contributed by atoms with Crippen LogP contribution in [0.4, 0.5) is 5.69 Å². The molecule has 6 heteroatoms. The second kappa shape index (κ2) is 8.20. The maximum absolute atomic E-state index is 11.7. The van der Waals surface area contributed by atoms with E-state index >= 15 is 0 Å². The number of carbonyl (C=O) groups excluding carboxylic acids is 1. The number of nitro benzene ring substituents is 1. The number of nitrogens with one attached hydrogen (secondary N) is 1. The summed E-state index contributed by atoms with van der Waals surface area (Å²) in [6.07, 6.45) is 4.04. The highest BCUT2D eigenvalue weighted by Gasteiger charge is 2.08. The quantitative estimate of drug-likeness (QED) is 0.425. The predicted octanol–water partition coefficient (Wildman–Crippen LogP) is 1.84. The van der Waals surface area contributed by atoms with Gasteiger partial charge in [-0.05, 0) is 31.5 Å². The second-order valence-electron chi connectivity index (χ2n) is 4.26. The minimum atomic E-state index is -0.487. The largest absolute Gasteiger partial charge is 0.352 e. The summed E-state index contributed by atoms with van der Waals surface area (Å²) in [6.45, 7) is 1.32. The Hall–Kier alpha value is -1.95. The van der Waals surface area contributed by atoms with Crippen molar-refractivity contribution in [2.24, 2.45) is 5.73 Å². The fourth-order valence-corrected chi connectivity index (χ4v) is 1.66. The predicted molar refractivity (Wildman–Crippen MR) is 73.0 cm³/mol. The molecule has 104 valence electrons. The monoisotopic (exact) mass is 265 g/mol. The van der Waals surface area contributed by atoms with Crippen LogP contribution >= 0.6 is 0 Å². The molecule has 0 aromatic heterocycles. The number of benzene rings is 1. The van der Waals surface area contributed by atoms with Crippen LogP contribution in [0.5, 0.6) is 0 Å². The third-order valence-electron chi connectivity index (χ3n) is 2.76. The minimum Gasteiger partial charge on any atom is -0.352 e. The lowest BCUT2D eigenvalue weighted by atomic mass is 10.1. The zero-order valence-corrected chi connectivity index (χ0v) is 10.8. The molecular formula is C13H19N3O3. The molecule has 3 N–H and O–H groups in total. The molecule has 0 bridgehead atoms. The van der Waals surface area contributed by atoms with Gasteiger partial charge >= 0.3 is 0 Å². The maximum Gasteiger partial charge on any atom is 0.269 e.